The van der Waals surface area contributed by atoms with Crippen molar-refractivity contribution in [3.63, 3.8) is 0 Å². The predicted molar refractivity (Wildman–Crippen MR) is 88.4 cm³/mol. The second-order valence-corrected chi connectivity index (χ2v) is 5.32. The van der Waals surface area contributed by atoms with Crippen molar-refractivity contribution in [2.24, 2.45) is 0 Å². The van der Waals surface area contributed by atoms with Crippen molar-refractivity contribution in [3.05, 3.63) is 71.9 Å². The van der Waals surface area contributed by atoms with Crippen LogP contribution in [0.15, 0.2) is 60.8 Å². The van der Waals surface area contributed by atoms with Gasteiger partial charge in [-0.2, -0.15) is 0 Å². The number of carbonyl (C=O) groups is 2. The third-order valence-electron chi connectivity index (χ3n) is 3.71. The van der Waals surface area contributed by atoms with Gasteiger partial charge in [0.05, 0.1) is 0 Å². The van der Waals surface area contributed by atoms with Gasteiger partial charge in [0.1, 0.15) is 0 Å². The molecule has 0 aliphatic rings. The zero-order valence-corrected chi connectivity index (χ0v) is 12.6. The Morgan fingerprint density at radius 3 is 2.52 bits per heavy atom. The molecule has 0 aliphatic heterocycles. The maximum absolute atomic E-state index is 12.2. The number of aromatic amines is 1. The van der Waals surface area contributed by atoms with E-state index in [1.165, 1.54) is 0 Å². The Morgan fingerprint density at radius 1 is 0.957 bits per heavy atom. The summed E-state index contributed by atoms with van der Waals surface area (Å²) in [6, 6.07) is 17.3. The Balaban J connectivity index is 1.53. The van der Waals surface area contributed by atoms with Gasteiger partial charge in [-0.3, -0.25) is 9.59 Å². The summed E-state index contributed by atoms with van der Waals surface area (Å²) in [4.78, 5) is 27.0. The molecular weight excluding hydrogens is 290 g/mol. The number of ketones is 1. The normalized spacial score (nSPS) is 10.6. The first kappa shape index (κ1) is 15.0. The summed E-state index contributed by atoms with van der Waals surface area (Å²) in [7, 11) is 0. The third kappa shape index (κ3) is 3.66. The molecule has 0 saturated carbocycles. The summed E-state index contributed by atoms with van der Waals surface area (Å²) in [5.41, 5.74) is 2.52. The second kappa shape index (κ2) is 6.92. The number of nitrogens with one attached hydrogen (secondary N) is 1. The van der Waals surface area contributed by atoms with Crippen molar-refractivity contribution in [1.29, 1.82) is 0 Å². The van der Waals surface area contributed by atoms with Crippen molar-refractivity contribution in [2.75, 3.05) is 6.61 Å². The number of H-pyrrole nitrogens is 1. The van der Waals surface area contributed by atoms with Crippen LogP contribution >= 0.6 is 0 Å². The number of rotatable bonds is 6. The van der Waals surface area contributed by atoms with Crippen LogP contribution in [0.1, 0.15) is 22.3 Å². The number of esters is 1. The molecule has 23 heavy (non-hydrogen) atoms. The fourth-order valence-electron chi connectivity index (χ4n) is 2.49. The lowest BCUT2D eigenvalue weighted by atomic mass is 10.1. The number of aromatic nitrogens is 1. The van der Waals surface area contributed by atoms with Crippen molar-refractivity contribution in [3.8, 4) is 0 Å². The topological polar surface area (TPSA) is 59.2 Å². The molecule has 0 saturated heterocycles. The highest BCUT2D eigenvalue weighted by atomic mass is 16.5. The Kier molecular flexibility index (Phi) is 4.52. The Hall–Kier alpha value is -2.88. The number of carbonyl (C=O) groups excluding carboxylic acids is 2. The lowest BCUT2D eigenvalue weighted by Gasteiger charge is -2.04. The number of para-hydroxylation sites is 1. The second-order valence-electron chi connectivity index (χ2n) is 5.32. The van der Waals surface area contributed by atoms with Gasteiger partial charge in [-0.1, -0.05) is 48.5 Å². The highest BCUT2D eigenvalue weighted by Gasteiger charge is 2.14. The lowest BCUT2D eigenvalue weighted by Crippen LogP contribution is -2.14. The number of Topliss-reactive ketones (excluding diaryl/α,β-unsaturated/α-hetero) is 1. The maximum Gasteiger partial charge on any atom is 0.306 e. The Morgan fingerprint density at radius 2 is 1.70 bits per heavy atom. The van der Waals surface area contributed by atoms with Gasteiger partial charge < -0.3 is 9.72 Å². The van der Waals surface area contributed by atoms with E-state index in [2.05, 4.69) is 4.98 Å². The lowest BCUT2D eigenvalue weighted by molar-refractivity contribution is -0.142. The first-order chi connectivity index (χ1) is 11.2. The van der Waals surface area contributed by atoms with Crippen LogP contribution in [0.25, 0.3) is 10.9 Å². The summed E-state index contributed by atoms with van der Waals surface area (Å²) in [5.74, 6) is -0.558. The Labute approximate surface area is 134 Å². The van der Waals surface area contributed by atoms with E-state index in [1.807, 2.05) is 54.6 Å². The highest BCUT2D eigenvalue weighted by molar-refractivity contribution is 6.08. The predicted octanol–water partition coefficient (Wildman–Crippen LogP) is 3.53. The van der Waals surface area contributed by atoms with Gasteiger partial charge >= 0.3 is 5.97 Å². The van der Waals surface area contributed by atoms with Gasteiger partial charge in [-0.05, 0) is 18.1 Å². The van der Waals surface area contributed by atoms with Crippen LogP contribution in [-0.2, 0) is 16.0 Å². The van der Waals surface area contributed by atoms with Crippen molar-refractivity contribution < 1.29 is 14.3 Å². The summed E-state index contributed by atoms with van der Waals surface area (Å²) in [6.07, 6.45) is 2.54. The van der Waals surface area contributed by atoms with E-state index in [0.717, 1.165) is 16.5 Å². The van der Waals surface area contributed by atoms with Gasteiger partial charge in [0.25, 0.3) is 0 Å². The molecule has 0 bridgehead atoms. The zero-order valence-electron chi connectivity index (χ0n) is 12.6. The molecule has 0 aliphatic carbocycles. The minimum Gasteiger partial charge on any atom is -0.457 e. The van der Waals surface area contributed by atoms with Crippen LogP contribution in [0.4, 0.5) is 0 Å². The van der Waals surface area contributed by atoms with E-state index in [9.17, 15) is 9.59 Å². The van der Waals surface area contributed by atoms with Gasteiger partial charge in [-0.25, -0.2) is 0 Å². The van der Waals surface area contributed by atoms with Crippen LogP contribution in [0, 0.1) is 0 Å². The zero-order chi connectivity index (χ0) is 16.1. The number of benzene rings is 2. The summed E-state index contributed by atoms with van der Waals surface area (Å²) in [5, 5.41) is 0.845. The quantitative estimate of drug-likeness (QED) is 0.560. The van der Waals surface area contributed by atoms with Gasteiger partial charge in [0.15, 0.2) is 6.61 Å². The SMILES string of the molecule is O=C(CCc1ccccc1)OCC(=O)c1c[nH]c2ccccc12. The van der Waals surface area contributed by atoms with Gasteiger partial charge in [0.2, 0.25) is 5.78 Å². The average molecular weight is 307 g/mol. The number of fused-ring (bicyclic) bond motifs is 1. The van der Waals surface area contributed by atoms with Crippen LogP contribution in [0.5, 0.6) is 0 Å². The molecular formula is C19H17NO3. The minimum absolute atomic E-state index is 0.199. The van der Waals surface area contributed by atoms with Crippen molar-refractivity contribution in [1.82, 2.24) is 4.98 Å². The van der Waals surface area contributed by atoms with Crippen LogP contribution in [0.2, 0.25) is 0 Å². The molecule has 3 aromatic rings. The molecule has 116 valence electrons. The smallest absolute Gasteiger partial charge is 0.306 e. The number of aryl methyl sites for hydroxylation is 1. The molecule has 2 aromatic carbocycles. The van der Waals surface area contributed by atoms with Gasteiger partial charge in [0, 0.05) is 29.1 Å². The molecule has 4 nitrogen and oxygen atoms in total. The van der Waals surface area contributed by atoms with Gasteiger partial charge in [-0.15, -0.1) is 0 Å². The molecule has 0 radical (unpaired) electrons. The molecule has 0 fully saturated rings. The fourth-order valence-corrected chi connectivity index (χ4v) is 2.49. The molecule has 1 N–H and O–H groups in total. The third-order valence-corrected chi connectivity index (χ3v) is 3.71. The van der Waals surface area contributed by atoms with Crippen molar-refractivity contribution >= 4 is 22.7 Å². The molecule has 1 heterocycles. The molecule has 3 rings (SSSR count). The molecule has 0 amide bonds. The summed E-state index contributed by atoms with van der Waals surface area (Å²) >= 11 is 0. The van der Waals surface area contributed by atoms with E-state index in [0.29, 0.717) is 12.0 Å². The van der Waals surface area contributed by atoms with E-state index in [4.69, 9.17) is 4.74 Å². The molecule has 1 aromatic heterocycles. The average Bonchev–Trinajstić information content (AvgIpc) is 3.03. The minimum atomic E-state index is -0.359. The highest BCUT2D eigenvalue weighted by Crippen LogP contribution is 2.18. The first-order valence-corrected chi connectivity index (χ1v) is 7.53. The van der Waals surface area contributed by atoms with E-state index in [-0.39, 0.29) is 24.8 Å². The van der Waals surface area contributed by atoms with E-state index >= 15 is 0 Å². The summed E-state index contributed by atoms with van der Waals surface area (Å²) < 4.78 is 5.10. The standard InChI is InChI=1S/C19H17NO3/c21-18(16-12-20-17-9-5-4-8-15(16)17)13-23-19(22)11-10-14-6-2-1-3-7-14/h1-9,12,20H,10-11,13H2. The van der Waals surface area contributed by atoms with Crippen molar-refractivity contribution in [2.45, 2.75) is 12.8 Å². The van der Waals surface area contributed by atoms with Crippen LogP contribution in [-0.4, -0.2) is 23.3 Å². The number of ether oxygens (including phenoxy) is 1. The fraction of sp³-hybridized carbons (Fsp3) is 0.158. The number of hydrogen-bond acceptors (Lipinski definition) is 3. The molecule has 0 unspecified atom stereocenters. The largest absolute Gasteiger partial charge is 0.457 e. The van der Waals surface area contributed by atoms with E-state index in [1.54, 1.807) is 6.20 Å². The van der Waals surface area contributed by atoms with Crippen LogP contribution < -0.4 is 0 Å². The first-order valence-electron chi connectivity index (χ1n) is 7.53. The Bertz CT molecular complexity index is 821. The van der Waals surface area contributed by atoms with E-state index < -0.39 is 0 Å². The maximum atomic E-state index is 12.2. The monoisotopic (exact) mass is 307 g/mol. The van der Waals surface area contributed by atoms with Crippen LogP contribution in [0.3, 0.4) is 0 Å². The summed E-state index contributed by atoms with van der Waals surface area (Å²) in [6.45, 7) is -0.227. The molecule has 0 spiro atoms. The molecule has 4 heteroatoms. The molecule has 0 atom stereocenters. The number of hydrogen-bond donors (Lipinski definition) is 1.